The third-order valence-electron chi connectivity index (χ3n) is 3.19. The number of ether oxygens (including phenoxy) is 1. The predicted octanol–water partition coefficient (Wildman–Crippen LogP) is 2.30. The molecule has 1 N–H and O–H groups in total. The van der Waals surface area contributed by atoms with Gasteiger partial charge in [0.25, 0.3) is 0 Å². The first-order valence-corrected chi connectivity index (χ1v) is 6.07. The van der Waals surface area contributed by atoms with Crippen LogP contribution in [0.5, 0.6) is 0 Å². The highest BCUT2D eigenvalue weighted by Crippen LogP contribution is 2.25. The van der Waals surface area contributed by atoms with Gasteiger partial charge in [0.1, 0.15) is 0 Å². The topological polar surface area (TPSA) is 34.1 Å². The first-order chi connectivity index (χ1) is 7.79. The molecule has 1 aliphatic rings. The van der Waals surface area contributed by atoms with E-state index in [4.69, 9.17) is 4.74 Å². The molecule has 16 heavy (non-hydrogen) atoms. The van der Waals surface area contributed by atoms with Gasteiger partial charge in [-0.1, -0.05) is 0 Å². The van der Waals surface area contributed by atoms with E-state index in [1.54, 1.807) is 0 Å². The Labute approximate surface area is 97.2 Å². The van der Waals surface area contributed by atoms with Crippen LogP contribution in [0.4, 0.5) is 0 Å². The van der Waals surface area contributed by atoms with Gasteiger partial charge in [-0.3, -0.25) is 4.98 Å². The van der Waals surface area contributed by atoms with Crippen LogP contribution in [0.25, 0.3) is 0 Å². The zero-order valence-electron chi connectivity index (χ0n) is 10.0. The highest BCUT2D eigenvalue weighted by molar-refractivity contribution is 5.14. The zero-order valence-corrected chi connectivity index (χ0v) is 10.0. The van der Waals surface area contributed by atoms with Crippen LogP contribution in [0.1, 0.15) is 38.3 Å². The fourth-order valence-corrected chi connectivity index (χ4v) is 2.18. The Balaban J connectivity index is 1.75. The van der Waals surface area contributed by atoms with Gasteiger partial charge in [0.05, 0.1) is 6.10 Å². The van der Waals surface area contributed by atoms with Gasteiger partial charge in [-0.25, -0.2) is 0 Å². The molecular weight excluding hydrogens is 200 g/mol. The van der Waals surface area contributed by atoms with Crippen molar-refractivity contribution in [3.8, 4) is 0 Å². The first kappa shape index (κ1) is 11.6. The molecule has 0 aliphatic heterocycles. The number of hydrogen-bond acceptors (Lipinski definition) is 3. The SMILES string of the molecule is CCOC1CC(N[C@@H](C)c2ccncc2)C1. The van der Waals surface area contributed by atoms with E-state index >= 15 is 0 Å². The molecule has 3 heteroatoms. The fourth-order valence-electron chi connectivity index (χ4n) is 2.18. The Morgan fingerprint density at radius 2 is 2.12 bits per heavy atom. The summed E-state index contributed by atoms with van der Waals surface area (Å²) in [5, 5.41) is 3.61. The average molecular weight is 220 g/mol. The lowest BCUT2D eigenvalue weighted by atomic mass is 9.88. The second kappa shape index (κ2) is 5.41. The molecule has 1 aromatic heterocycles. The van der Waals surface area contributed by atoms with Gasteiger partial charge < -0.3 is 10.1 Å². The first-order valence-electron chi connectivity index (χ1n) is 6.07. The van der Waals surface area contributed by atoms with Gasteiger partial charge in [-0.05, 0) is 44.4 Å². The van der Waals surface area contributed by atoms with Crippen LogP contribution < -0.4 is 5.32 Å². The molecule has 3 nitrogen and oxygen atoms in total. The molecule has 1 atom stereocenters. The molecule has 1 aliphatic carbocycles. The number of hydrogen-bond donors (Lipinski definition) is 1. The van der Waals surface area contributed by atoms with Crippen molar-refractivity contribution in [1.29, 1.82) is 0 Å². The largest absolute Gasteiger partial charge is 0.378 e. The molecule has 2 rings (SSSR count). The molecule has 0 unspecified atom stereocenters. The lowest BCUT2D eigenvalue weighted by Gasteiger charge is -2.37. The number of nitrogens with one attached hydrogen (secondary N) is 1. The maximum Gasteiger partial charge on any atom is 0.0604 e. The Morgan fingerprint density at radius 3 is 2.75 bits per heavy atom. The molecular formula is C13H20N2O. The Morgan fingerprint density at radius 1 is 1.44 bits per heavy atom. The van der Waals surface area contributed by atoms with Crippen LogP contribution in [-0.4, -0.2) is 23.7 Å². The van der Waals surface area contributed by atoms with E-state index in [9.17, 15) is 0 Å². The summed E-state index contributed by atoms with van der Waals surface area (Å²) in [5.41, 5.74) is 1.30. The standard InChI is InChI=1S/C13H20N2O/c1-3-16-13-8-12(9-13)15-10(2)11-4-6-14-7-5-11/h4-7,10,12-13,15H,3,8-9H2,1-2H3/t10-,12?,13?/m0/s1. The zero-order chi connectivity index (χ0) is 11.4. The average Bonchev–Trinajstić information content (AvgIpc) is 2.27. The lowest BCUT2D eigenvalue weighted by molar-refractivity contribution is -0.0120. The maximum absolute atomic E-state index is 5.55. The number of pyridine rings is 1. The summed E-state index contributed by atoms with van der Waals surface area (Å²) in [6.45, 7) is 5.08. The van der Waals surface area contributed by atoms with Crippen LogP contribution in [0.15, 0.2) is 24.5 Å². The van der Waals surface area contributed by atoms with E-state index in [1.807, 2.05) is 12.4 Å². The molecule has 88 valence electrons. The van der Waals surface area contributed by atoms with Crippen molar-refractivity contribution >= 4 is 0 Å². The van der Waals surface area contributed by atoms with Crippen LogP contribution >= 0.6 is 0 Å². The number of nitrogens with zero attached hydrogens (tertiary/aromatic N) is 1. The summed E-state index contributed by atoms with van der Waals surface area (Å²) in [4.78, 5) is 4.03. The Bertz CT molecular complexity index is 309. The van der Waals surface area contributed by atoms with E-state index < -0.39 is 0 Å². The molecule has 0 bridgehead atoms. The van der Waals surface area contributed by atoms with E-state index in [1.165, 1.54) is 5.56 Å². The van der Waals surface area contributed by atoms with Gasteiger partial charge in [0, 0.05) is 31.1 Å². The molecule has 1 aromatic rings. The monoisotopic (exact) mass is 220 g/mol. The molecule has 0 spiro atoms. The van der Waals surface area contributed by atoms with Crippen LogP contribution in [-0.2, 0) is 4.74 Å². The third-order valence-corrected chi connectivity index (χ3v) is 3.19. The second-order valence-corrected chi connectivity index (χ2v) is 4.41. The third kappa shape index (κ3) is 2.80. The van der Waals surface area contributed by atoms with E-state index in [0.717, 1.165) is 19.4 Å². The molecule has 0 saturated heterocycles. The smallest absolute Gasteiger partial charge is 0.0604 e. The molecule has 1 saturated carbocycles. The minimum atomic E-state index is 0.399. The summed E-state index contributed by atoms with van der Waals surface area (Å²) in [6.07, 6.45) is 6.45. The fraction of sp³-hybridized carbons (Fsp3) is 0.615. The van der Waals surface area contributed by atoms with Crippen molar-refractivity contribution in [2.45, 2.75) is 44.9 Å². The lowest BCUT2D eigenvalue weighted by Crippen LogP contribution is -2.46. The minimum absolute atomic E-state index is 0.399. The summed E-state index contributed by atoms with van der Waals surface area (Å²) in [6, 6.07) is 5.14. The molecule has 1 fully saturated rings. The Kier molecular flexibility index (Phi) is 3.91. The molecule has 0 amide bonds. The summed E-state index contributed by atoms with van der Waals surface area (Å²) < 4.78 is 5.55. The number of rotatable bonds is 5. The van der Waals surface area contributed by atoms with Crippen molar-refractivity contribution in [3.05, 3.63) is 30.1 Å². The molecule has 0 radical (unpaired) electrons. The predicted molar refractivity (Wildman–Crippen MR) is 64.2 cm³/mol. The van der Waals surface area contributed by atoms with Crippen LogP contribution in [0.3, 0.4) is 0 Å². The normalized spacial score (nSPS) is 26.1. The van der Waals surface area contributed by atoms with Crippen molar-refractivity contribution in [2.24, 2.45) is 0 Å². The van der Waals surface area contributed by atoms with Crippen molar-refractivity contribution in [2.75, 3.05) is 6.61 Å². The highest BCUT2D eigenvalue weighted by atomic mass is 16.5. The van der Waals surface area contributed by atoms with Crippen LogP contribution in [0, 0.1) is 0 Å². The number of aromatic nitrogens is 1. The van der Waals surface area contributed by atoms with Gasteiger partial charge in [0.15, 0.2) is 0 Å². The quantitative estimate of drug-likeness (QED) is 0.826. The second-order valence-electron chi connectivity index (χ2n) is 4.41. The van der Waals surface area contributed by atoms with Gasteiger partial charge in [-0.2, -0.15) is 0 Å². The van der Waals surface area contributed by atoms with Gasteiger partial charge in [0.2, 0.25) is 0 Å². The summed E-state index contributed by atoms with van der Waals surface area (Å²) >= 11 is 0. The van der Waals surface area contributed by atoms with E-state index in [2.05, 4.69) is 36.3 Å². The summed E-state index contributed by atoms with van der Waals surface area (Å²) in [7, 11) is 0. The van der Waals surface area contributed by atoms with Crippen molar-refractivity contribution in [3.63, 3.8) is 0 Å². The Hall–Kier alpha value is -0.930. The summed E-state index contributed by atoms with van der Waals surface area (Å²) in [5.74, 6) is 0. The van der Waals surface area contributed by atoms with Crippen molar-refractivity contribution < 1.29 is 4.74 Å². The minimum Gasteiger partial charge on any atom is -0.378 e. The molecule has 1 heterocycles. The maximum atomic E-state index is 5.55. The van der Waals surface area contributed by atoms with E-state index in [0.29, 0.717) is 18.2 Å². The van der Waals surface area contributed by atoms with Gasteiger partial charge >= 0.3 is 0 Å². The van der Waals surface area contributed by atoms with Crippen molar-refractivity contribution in [1.82, 2.24) is 10.3 Å². The highest BCUT2D eigenvalue weighted by Gasteiger charge is 2.30. The van der Waals surface area contributed by atoms with Crippen LogP contribution in [0.2, 0.25) is 0 Å². The van der Waals surface area contributed by atoms with Gasteiger partial charge in [-0.15, -0.1) is 0 Å². The van der Waals surface area contributed by atoms with E-state index in [-0.39, 0.29) is 0 Å². The molecule has 0 aromatic carbocycles.